The van der Waals surface area contributed by atoms with Crippen molar-refractivity contribution in [2.75, 3.05) is 13.1 Å². The van der Waals surface area contributed by atoms with Crippen molar-refractivity contribution < 1.29 is 27.6 Å². The number of rotatable bonds is 10. The Morgan fingerprint density at radius 2 is 1.80 bits per heavy atom. The van der Waals surface area contributed by atoms with Crippen molar-refractivity contribution in [1.29, 1.82) is 0 Å². The Kier molecular flexibility index (Phi) is 8.50. The van der Waals surface area contributed by atoms with E-state index in [0.717, 1.165) is 47.7 Å². The molecule has 1 fully saturated rings. The summed E-state index contributed by atoms with van der Waals surface area (Å²) in [5.41, 5.74) is 2.15. The van der Waals surface area contributed by atoms with E-state index < -0.39 is 36.1 Å². The molecule has 4 N–H and O–H groups in total. The number of nitrogens with one attached hydrogen (secondary N) is 4. The molecule has 0 aliphatic heterocycles. The first-order chi connectivity index (χ1) is 16.5. The number of benzene rings is 2. The van der Waals surface area contributed by atoms with Gasteiger partial charge in [-0.05, 0) is 56.0 Å². The number of alkyl halides is 3. The van der Waals surface area contributed by atoms with Gasteiger partial charge in [-0.1, -0.05) is 29.8 Å². The molecule has 1 saturated carbocycles. The van der Waals surface area contributed by atoms with Gasteiger partial charge in [0.2, 0.25) is 11.8 Å². The third-order valence-electron chi connectivity index (χ3n) is 5.60. The van der Waals surface area contributed by atoms with Crippen molar-refractivity contribution >= 4 is 17.7 Å². The second-order valence-electron chi connectivity index (χ2n) is 8.73. The molecule has 1 aliphatic carbocycles. The molecule has 3 rings (SSSR count). The topological polar surface area (TPSA) is 99.3 Å². The van der Waals surface area contributed by atoms with E-state index >= 15 is 0 Å². The number of carbonyl (C=O) groups excluding carboxylic acids is 3. The predicted molar refractivity (Wildman–Crippen MR) is 124 cm³/mol. The molecule has 0 bridgehead atoms. The minimum atomic E-state index is -4.58. The highest BCUT2D eigenvalue weighted by atomic mass is 19.4. The van der Waals surface area contributed by atoms with Gasteiger partial charge >= 0.3 is 6.18 Å². The number of carbonyl (C=O) groups is 3. The summed E-state index contributed by atoms with van der Waals surface area (Å²) in [5.74, 6) is -1.79. The summed E-state index contributed by atoms with van der Waals surface area (Å²) in [6.45, 7) is 4.18. The van der Waals surface area contributed by atoms with Crippen LogP contribution in [0.3, 0.4) is 0 Å². The van der Waals surface area contributed by atoms with Gasteiger partial charge in [-0.15, -0.1) is 0 Å². The van der Waals surface area contributed by atoms with Crippen LogP contribution in [0.15, 0.2) is 42.5 Å². The van der Waals surface area contributed by atoms with Crippen LogP contribution in [-0.2, 0) is 22.3 Å². The van der Waals surface area contributed by atoms with Crippen molar-refractivity contribution in [1.82, 2.24) is 21.3 Å². The van der Waals surface area contributed by atoms with Crippen molar-refractivity contribution in [2.24, 2.45) is 0 Å². The second kappa shape index (κ2) is 11.4. The second-order valence-corrected chi connectivity index (χ2v) is 8.73. The molecule has 0 aromatic heterocycles. The molecule has 0 unspecified atom stereocenters. The number of halogens is 3. The van der Waals surface area contributed by atoms with Crippen molar-refractivity contribution in [3.05, 3.63) is 70.3 Å². The van der Waals surface area contributed by atoms with Crippen LogP contribution in [-0.4, -0.2) is 42.9 Å². The summed E-state index contributed by atoms with van der Waals surface area (Å²) in [5, 5.41) is 10.9. The van der Waals surface area contributed by atoms with E-state index in [2.05, 4.69) is 27.3 Å². The van der Waals surface area contributed by atoms with Crippen molar-refractivity contribution in [3.63, 3.8) is 0 Å². The molecule has 1 atom stereocenters. The van der Waals surface area contributed by atoms with Crippen LogP contribution in [0.5, 0.6) is 0 Å². The number of amides is 3. The minimum Gasteiger partial charge on any atom is -0.352 e. The van der Waals surface area contributed by atoms with Crippen LogP contribution >= 0.6 is 0 Å². The maximum atomic E-state index is 12.9. The zero-order chi connectivity index (χ0) is 25.6. The van der Waals surface area contributed by atoms with Crippen LogP contribution in [0.2, 0.25) is 0 Å². The lowest BCUT2D eigenvalue weighted by Gasteiger charge is -2.20. The largest absolute Gasteiger partial charge is 0.416 e. The molecule has 2 aromatic carbocycles. The molecule has 3 amide bonds. The van der Waals surface area contributed by atoms with E-state index in [1.807, 2.05) is 26.0 Å². The zero-order valence-corrected chi connectivity index (χ0v) is 19.6. The first-order valence-corrected chi connectivity index (χ1v) is 11.3. The average molecular weight is 491 g/mol. The van der Waals surface area contributed by atoms with Gasteiger partial charge in [-0.3, -0.25) is 14.4 Å². The summed E-state index contributed by atoms with van der Waals surface area (Å²) in [6, 6.07) is 9.20. The summed E-state index contributed by atoms with van der Waals surface area (Å²) in [7, 11) is 0. The molecular weight excluding hydrogens is 461 g/mol. The van der Waals surface area contributed by atoms with E-state index in [4.69, 9.17) is 0 Å². The molecule has 0 heterocycles. The van der Waals surface area contributed by atoms with E-state index in [1.54, 1.807) is 0 Å². The van der Waals surface area contributed by atoms with Crippen LogP contribution < -0.4 is 21.3 Å². The molecule has 2 aromatic rings. The fraction of sp³-hybridized carbons (Fsp3) is 0.400. The lowest BCUT2D eigenvalue weighted by atomic mass is 10.1. The van der Waals surface area contributed by atoms with Gasteiger partial charge in [0.25, 0.3) is 5.91 Å². The van der Waals surface area contributed by atoms with Gasteiger partial charge in [-0.25, -0.2) is 0 Å². The van der Waals surface area contributed by atoms with Gasteiger partial charge in [0.1, 0.15) is 6.04 Å². The average Bonchev–Trinajstić information content (AvgIpc) is 3.61. The summed E-state index contributed by atoms with van der Waals surface area (Å²) in [6.07, 6.45) is -2.81. The number of hydrogen-bond acceptors (Lipinski definition) is 4. The maximum absolute atomic E-state index is 12.9. The quantitative estimate of drug-likeness (QED) is 0.412. The lowest BCUT2D eigenvalue weighted by Crippen LogP contribution is -2.54. The highest BCUT2D eigenvalue weighted by Gasteiger charge is 2.31. The smallest absolute Gasteiger partial charge is 0.352 e. The maximum Gasteiger partial charge on any atom is 0.416 e. The molecule has 35 heavy (non-hydrogen) atoms. The van der Waals surface area contributed by atoms with Crippen LogP contribution in [0.4, 0.5) is 13.2 Å². The standard InChI is InChI=1S/C25H29F3N4O3/c1-15-6-7-18(16(2)10-15)12-29-13-21(24(35)31-20-8-9-20)32-22(33)14-30-23(34)17-4-3-5-19(11-17)25(26,27)28/h3-7,10-11,20-21,29H,8-9,12-14H2,1-2H3,(H,30,34)(H,31,35)(H,32,33)/t21-/m0/s1. The summed E-state index contributed by atoms with van der Waals surface area (Å²) in [4.78, 5) is 37.3. The van der Waals surface area contributed by atoms with Crippen molar-refractivity contribution in [3.8, 4) is 0 Å². The number of hydrogen-bond donors (Lipinski definition) is 4. The Morgan fingerprint density at radius 3 is 2.46 bits per heavy atom. The van der Waals surface area contributed by atoms with Crippen molar-refractivity contribution in [2.45, 2.75) is 51.5 Å². The normalized spacial score (nSPS) is 14.2. The summed E-state index contributed by atoms with van der Waals surface area (Å²) >= 11 is 0. The SMILES string of the molecule is Cc1ccc(CNC[C@H](NC(=O)CNC(=O)c2cccc(C(F)(F)F)c2)C(=O)NC2CC2)c(C)c1. The highest BCUT2D eigenvalue weighted by molar-refractivity contribution is 5.97. The first kappa shape index (κ1) is 26.2. The molecule has 7 nitrogen and oxygen atoms in total. The van der Waals surface area contributed by atoms with Gasteiger partial charge in [0.05, 0.1) is 12.1 Å². The minimum absolute atomic E-state index is 0.0989. The van der Waals surface area contributed by atoms with Gasteiger partial charge in [0.15, 0.2) is 0 Å². The van der Waals surface area contributed by atoms with Gasteiger partial charge in [-0.2, -0.15) is 13.2 Å². The Bertz CT molecular complexity index is 1080. The molecule has 1 aliphatic rings. The van der Waals surface area contributed by atoms with Crippen LogP contribution in [0.1, 0.15) is 45.5 Å². The fourth-order valence-corrected chi connectivity index (χ4v) is 3.48. The van der Waals surface area contributed by atoms with E-state index in [9.17, 15) is 27.6 Å². The summed E-state index contributed by atoms with van der Waals surface area (Å²) < 4.78 is 38.6. The Labute approximate surface area is 201 Å². The molecule has 0 radical (unpaired) electrons. The van der Waals surface area contributed by atoms with E-state index in [1.165, 1.54) is 6.07 Å². The van der Waals surface area contributed by atoms with Crippen LogP contribution in [0.25, 0.3) is 0 Å². The third-order valence-corrected chi connectivity index (χ3v) is 5.60. The Balaban J connectivity index is 1.54. The Hall–Kier alpha value is -3.40. The molecular formula is C25H29F3N4O3. The molecule has 188 valence electrons. The van der Waals surface area contributed by atoms with Gasteiger partial charge < -0.3 is 21.3 Å². The predicted octanol–water partition coefficient (Wildman–Crippen LogP) is 2.61. The Morgan fingerprint density at radius 1 is 1.06 bits per heavy atom. The van der Waals surface area contributed by atoms with Gasteiger partial charge in [0, 0.05) is 24.7 Å². The monoisotopic (exact) mass is 490 g/mol. The third kappa shape index (κ3) is 8.10. The van der Waals surface area contributed by atoms with Crippen LogP contribution in [0, 0.1) is 13.8 Å². The lowest BCUT2D eigenvalue weighted by molar-refractivity contribution is -0.137. The van der Waals surface area contributed by atoms with E-state index in [0.29, 0.717) is 6.54 Å². The zero-order valence-electron chi connectivity index (χ0n) is 19.6. The molecule has 10 heteroatoms. The number of aryl methyl sites for hydroxylation is 2. The fourth-order valence-electron chi connectivity index (χ4n) is 3.48. The van der Waals surface area contributed by atoms with E-state index in [-0.39, 0.29) is 24.1 Å². The highest BCUT2D eigenvalue weighted by Crippen LogP contribution is 2.29. The molecule has 0 saturated heterocycles. The first-order valence-electron chi connectivity index (χ1n) is 11.3. The molecule has 0 spiro atoms.